The van der Waals surface area contributed by atoms with E-state index >= 15 is 0 Å². The van der Waals surface area contributed by atoms with Crippen molar-refractivity contribution in [3.8, 4) is 11.5 Å². The third-order valence-electron chi connectivity index (χ3n) is 1.15. The summed E-state index contributed by atoms with van der Waals surface area (Å²) >= 11 is 0. The van der Waals surface area contributed by atoms with Crippen LogP contribution in [0, 0.1) is 0 Å². The summed E-state index contributed by atoms with van der Waals surface area (Å²) in [6.07, 6.45) is 0. The van der Waals surface area contributed by atoms with Crippen LogP contribution in [0.25, 0.3) is 0 Å². The molecule has 0 unspecified atom stereocenters. The van der Waals surface area contributed by atoms with E-state index in [4.69, 9.17) is 17.7 Å². The molecule has 1 rings (SSSR count). The first-order valence-corrected chi connectivity index (χ1v) is 2.86. The maximum Gasteiger partial charge on any atom is 0.121 e. The van der Waals surface area contributed by atoms with E-state index < -0.39 is 0 Å². The van der Waals surface area contributed by atoms with E-state index in [1.54, 1.807) is 6.07 Å². The van der Waals surface area contributed by atoms with Gasteiger partial charge >= 0.3 is 0 Å². The number of phenolic OH excluding ortho intramolecular Hbond substituents is 1. The van der Waals surface area contributed by atoms with Crippen molar-refractivity contribution < 1.29 is 9.84 Å². The number of rotatable bonds is 1. The van der Waals surface area contributed by atoms with E-state index in [1.165, 1.54) is 19.2 Å². The van der Waals surface area contributed by atoms with Gasteiger partial charge in [-0.05, 0) is 12.1 Å². The molecule has 50 valence electrons. The Morgan fingerprint density at radius 2 is 2.10 bits per heavy atom. The van der Waals surface area contributed by atoms with Gasteiger partial charge < -0.3 is 9.84 Å². The molecule has 0 amide bonds. The monoisotopic (exact) mass is 134 g/mol. The van der Waals surface area contributed by atoms with Crippen LogP contribution in [0.5, 0.6) is 11.5 Å². The van der Waals surface area contributed by atoms with Crippen LogP contribution in [0.3, 0.4) is 0 Å². The highest BCUT2D eigenvalue weighted by Crippen LogP contribution is 2.14. The topological polar surface area (TPSA) is 29.5 Å². The Hall–Kier alpha value is -1.12. The Balaban J connectivity index is 3.06. The zero-order valence-corrected chi connectivity index (χ0v) is 5.66. The van der Waals surface area contributed by atoms with Crippen LogP contribution in [-0.2, 0) is 0 Å². The molecule has 0 bridgehead atoms. The zero-order chi connectivity index (χ0) is 7.56. The molecule has 0 atom stereocenters. The molecule has 0 saturated heterocycles. The molecule has 0 fully saturated rings. The minimum Gasteiger partial charge on any atom is -0.508 e. The summed E-state index contributed by atoms with van der Waals surface area (Å²) < 4.78 is 4.84. The first kappa shape index (κ1) is 7.00. The number of phenols is 1. The van der Waals surface area contributed by atoms with Gasteiger partial charge in [-0.3, -0.25) is 0 Å². The lowest BCUT2D eigenvalue weighted by Gasteiger charge is -2.01. The van der Waals surface area contributed by atoms with Crippen LogP contribution in [0.2, 0.25) is 0 Å². The molecule has 1 aromatic rings. The zero-order valence-electron chi connectivity index (χ0n) is 5.66. The summed E-state index contributed by atoms with van der Waals surface area (Å²) in [7, 11) is 6.92. The molecule has 0 aliphatic rings. The van der Waals surface area contributed by atoms with Gasteiger partial charge in [0.15, 0.2) is 0 Å². The highest BCUT2D eigenvalue weighted by Gasteiger charge is 1.93. The van der Waals surface area contributed by atoms with Gasteiger partial charge in [-0.2, -0.15) is 0 Å². The van der Waals surface area contributed by atoms with Crippen molar-refractivity contribution in [2.75, 3.05) is 7.11 Å². The van der Waals surface area contributed by atoms with Gasteiger partial charge in [0.2, 0.25) is 0 Å². The lowest BCUT2D eigenvalue weighted by atomic mass is 9.96. The number of hydrogen-bond donors (Lipinski definition) is 1. The molecule has 1 N–H and O–H groups in total. The largest absolute Gasteiger partial charge is 0.508 e. The number of benzene rings is 1. The van der Waals surface area contributed by atoms with Crippen molar-refractivity contribution in [3.05, 3.63) is 18.2 Å². The van der Waals surface area contributed by atoms with Crippen LogP contribution in [0.1, 0.15) is 0 Å². The maximum absolute atomic E-state index is 8.96. The summed E-state index contributed by atoms with van der Waals surface area (Å²) in [6, 6.07) is 4.60. The van der Waals surface area contributed by atoms with Crippen molar-refractivity contribution in [1.29, 1.82) is 0 Å². The molecule has 10 heavy (non-hydrogen) atoms. The van der Waals surface area contributed by atoms with Crippen LogP contribution in [0.15, 0.2) is 18.2 Å². The van der Waals surface area contributed by atoms with Gasteiger partial charge in [-0.15, -0.1) is 0 Å². The molecule has 0 saturated carbocycles. The Morgan fingerprint density at radius 1 is 1.40 bits per heavy atom. The quantitative estimate of drug-likeness (QED) is 0.555. The minimum absolute atomic E-state index is 0.122. The van der Waals surface area contributed by atoms with Gasteiger partial charge in [0.1, 0.15) is 19.3 Å². The second-order valence-corrected chi connectivity index (χ2v) is 1.96. The molecule has 0 aliphatic heterocycles. The molecule has 0 aromatic heterocycles. The smallest absolute Gasteiger partial charge is 0.121 e. The molecule has 0 heterocycles. The lowest BCUT2D eigenvalue weighted by Crippen LogP contribution is -2.00. The van der Waals surface area contributed by atoms with Gasteiger partial charge in [-0.25, -0.2) is 0 Å². The summed E-state index contributed by atoms with van der Waals surface area (Å²) in [5, 5.41) is 8.96. The average molecular weight is 134 g/mol. The Labute approximate surface area is 60.9 Å². The predicted molar refractivity (Wildman–Crippen MR) is 40.0 cm³/mol. The number of methoxy groups -OCH3 is 1. The average Bonchev–Trinajstić information content (AvgIpc) is 1.85. The summed E-state index contributed by atoms with van der Waals surface area (Å²) in [6.45, 7) is 0. The second kappa shape index (κ2) is 2.65. The first-order chi connectivity index (χ1) is 4.72. The molecule has 1 aromatic carbocycles. The first-order valence-electron chi connectivity index (χ1n) is 2.86. The van der Waals surface area contributed by atoms with E-state index in [0.717, 1.165) is 0 Å². The third kappa shape index (κ3) is 1.44. The lowest BCUT2D eigenvalue weighted by molar-refractivity contribution is 0.408. The number of hydrogen-bond acceptors (Lipinski definition) is 2. The second-order valence-electron chi connectivity index (χ2n) is 1.96. The summed E-state index contributed by atoms with van der Waals surface area (Å²) in [5.74, 6) is 0.689. The van der Waals surface area contributed by atoms with Crippen molar-refractivity contribution in [1.82, 2.24) is 0 Å². The van der Waals surface area contributed by atoms with Crippen molar-refractivity contribution in [3.63, 3.8) is 0 Å². The maximum atomic E-state index is 8.96. The van der Waals surface area contributed by atoms with Crippen molar-refractivity contribution >= 4 is 13.3 Å². The van der Waals surface area contributed by atoms with E-state index in [2.05, 4.69) is 0 Å². The van der Waals surface area contributed by atoms with Crippen LogP contribution >= 0.6 is 0 Å². The summed E-state index contributed by atoms with van der Waals surface area (Å²) in [4.78, 5) is 0. The molecular formula is C7H7BO2. The Morgan fingerprint density at radius 3 is 2.60 bits per heavy atom. The standard InChI is InChI=1S/C7H7BO2/c1-10-7-3-5(8)2-6(9)4-7/h2-4,9H,1H3. The van der Waals surface area contributed by atoms with E-state index in [1.807, 2.05) is 0 Å². The van der Waals surface area contributed by atoms with Gasteiger partial charge in [0, 0.05) is 6.07 Å². The molecule has 2 radical (unpaired) electrons. The fourth-order valence-electron chi connectivity index (χ4n) is 0.724. The SMILES string of the molecule is [B]c1cc(O)cc(OC)c1. The fourth-order valence-corrected chi connectivity index (χ4v) is 0.724. The molecule has 3 heteroatoms. The van der Waals surface area contributed by atoms with Gasteiger partial charge in [0.05, 0.1) is 7.11 Å². The van der Waals surface area contributed by atoms with E-state index in [9.17, 15) is 0 Å². The molecular weight excluding hydrogens is 127 g/mol. The number of aromatic hydroxyl groups is 1. The molecule has 2 nitrogen and oxygen atoms in total. The Bertz CT molecular complexity index is 215. The van der Waals surface area contributed by atoms with Crippen LogP contribution < -0.4 is 10.2 Å². The van der Waals surface area contributed by atoms with Crippen LogP contribution in [0.4, 0.5) is 0 Å². The fraction of sp³-hybridized carbons (Fsp3) is 0.143. The van der Waals surface area contributed by atoms with E-state index in [-0.39, 0.29) is 5.75 Å². The summed E-state index contributed by atoms with van der Waals surface area (Å²) in [5.41, 5.74) is 0.497. The van der Waals surface area contributed by atoms with Crippen molar-refractivity contribution in [2.45, 2.75) is 0 Å². The molecule has 0 spiro atoms. The molecule has 0 aliphatic carbocycles. The highest BCUT2D eigenvalue weighted by atomic mass is 16.5. The highest BCUT2D eigenvalue weighted by molar-refractivity contribution is 6.32. The minimum atomic E-state index is 0.122. The normalized spacial score (nSPS) is 9.30. The van der Waals surface area contributed by atoms with Gasteiger partial charge in [-0.1, -0.05) is 5.46 Å². The Kier molecular flexibility index (Phi) is 1.85. The van der Waals surface area contributed by atoms with E-state index in [0.29, 0.717) is 11.2 Å². The van der Waals surface area contributed by atoms with Crippen LogP contribution in [-0.4, -0.2) is 20.1 Å². The number of ether oxygens (including phenoxy) is 1. The van der Waals surface area contributed by atoms with Crippen molar-refractivity contribution in [2.24, 2.45) is 0 Å². The predicted octanol–water partition coefficient (Wildman–Crippen LogP) is 0.195. The van der Waals surface area contributed by atoms with Gasteiger partial charge in [0.25, 0.3) is 0 Å². The third-order valence-corrected chi connectivity index (χ3v) is 1.15.